The molecule has 1 aromatic carbocycles. The molecule has 0 aliphatic carbocycles. The van der Waals surface area contributed by atoms with Gasteiger partial charge in [0.1, 0.15) is 16.4 Å². The Morgan fingerprint density at radius 1 is 1.26 bits per heavy atom. The Hall–Kier alpha value is -1.99. The van der Waals surface area contributed by atoms with Gasteiger partial charge in [-0.2, -0.15) is 0 Å². The number of nitrogens with two attached hydrogens (primary N) is 2. The van der Waals surface area contributed by atoms with Crippen LogP contribution in [-0.2, 0) is 16.6 Å². The first kappa shape index (κ1) is 13.4. The first-order chi connectivity index (χ1) is 8.86. The van der Waals surface area contributed by atoms with Crippen LogP contribution in [0.3, 0.4) is 0 Å². The van der Waals surface area contributed by atoms with Gasteiger partial charge in [-0.05, 0) is 37.3 Å². The van der Waals surface area contributed by atoms with Crippen LogP contribution < -0.4 is 16.2 Å². The van der Waals surface area contributed by atoms with Crippen LogP contribution in [0.1, 0.15) is 11.5 Å². The van der Waals surface area contributed by atoms with Crippen LogP contribution in [0.4, 0.5) is 11.4 Å². The third-order valence-corrected chi connectivity index (χ3v) is 3.56. The fraction of sp³-hybridized carbons (Fsp3) is 0.167. The molecule has 0 atom stereocenters. The maximum Gasteiger partial charge on any atom is 0.240 e. The summed E-state index contributed by atoms with van der Waals surface area (Å²) in [7, 11) is -3.79. The molecule has 0 saturated carbocycles. The molecule has 0 aliphatic heterocycles. The third kappa shape index (κ3) is 3.27. The fourth-order valence-electron chi connectivity index (χ4n) is 1.69. The Labute approximate surface area is 111 Å². The van der Waals surface area contributed by atoms with E-state index in [9.17, 15) is 8.42 Å². The SMILES string of the molecule is Cc1ccc(CNc2ccc(S(N)(=O)=O)c(N)c2)o1. The molecule has 2 aromatic rings. The van der Waals surface area contributed by atoms with E-state index in [2.05, 4.69) is 5.32 Å². The Morgan fingerprint density at radius 2 is 2.00 bits per heavy atom. The van der Waals surface area contributed by atoms with Gasteiger partial charge in [0.2, 0.25) is 10.0 Å². The van der Waals surface area contributed by atoms with Crippen molar-refractivity contribution in [2.75, 3.05) is 11.1 Å². The summed E-state index contributed by atoms with van der Waals surface area (Å²) in [6.45, 7) is 2.35. The van der Waals surface area contributed by atoms with Gasteiger partial charge >= 0.3 is 0 Å². The molecule has 7 heteroatoms. The van der Waals surface area contributed by atoms with Crippen molar-refractivity contribution in [3.8, 4) is 0 Å². The number of hydrogen-bond donors (Lipinski definition) is 3. The van der Waals surface area contributed by atoms with Crippen molar-refractivity contribution in [3.63, 3.8) is 0 Å². The smallest absolute Gasteiger partial charge is 0.240 e. The van der Waals surface area contributed by atoms with Gasteiger partial charge in [0, 0.05) is 5.69 Å². The lowest BCUT2D eigenvalue weighted by molar-refractivity contribution is 0.490. The van der Waals surface area contributed by atoms with E-state index in [1.54, 1.807) is 6.07 Å². The molecule has 0 bridgehead atoms. The Balaban J connectivity index is 2.12. The summed E-state index contributed by atoms with van der Waals surface area (Å²) in [6, 6.07) is 8.24. The zero-order valence-corrected chi connectivity index (χ0v) is 11.2. The Morgan fingerprint density at radius 3 is 2.53 bits per heavy atom. The second kappa shape index (κ2) is 4.94. The summed E-state index contributed by atoms with van der Waals surface area (Å²) in [6.07, 6.45) is 0. The predicted molar refractivity (Wildman–Crippen MR) is 73.0 cm³/mol. The highest BCUT2D eigenvalue weighted by molar-refractivity contribution is 7.89. The fourth-order valence-corrected chi connectivity index (χ4v) is 2.33. The summed E-state index contributed by atoms with van der Waals surface area (Å²) in [4.78, 5) is -0.0770. The zero-order chi connectivity index (χ0) is 14.0. The van der Waals surface area contributed by atoms with Crippen molar-refractivity contribution in [1.29, 1.82) is 0 Å². The summed E-state index contributed by atoms with van der Waals surface area (Å²) < 4.78 is 27.8. The van der Waals surface area contributed by atoms with E-state index >= 15 is 0 Å². The molecule has 0 fully saturated rings. The number of sulfonamides is 1. The molecule has 2 rings (SSSR count). The van der Waals surface area contributed by atoms with Crippen molar-refractivity contribution < 1.29 is 12.8 Å². The van der Waals surface area contributed by atoms with E-state index in [-0.39, 0.29) is 10.6 Å². The lowest BCUT2D eigenvalue weighted by atomic mass is 10.3. The van der Waals surface area contributed by atoms with E-state index < -0.39 is 10.0 Å². The number of rotatable bonds is 4. The first-order valence-electron chi connectivity index (χ1n) is 5.58. The standard InChI is InChI=1S/C12H15N3O3S/c1-8-2-4-10(18-8)7-15-9-3-5-12(11(13)6-9)19(14,16)17/h2-6,15H,7,13H2,1H3,(H2,14,16,17). The molecule has 0 amide bonds. The summed E-state index contributed by atoms with van der Waals surface area (Å²) >= 11 is 0. The monoisotopic (exact) mass is 281 g/mol. The Kier molecular flexibility index (Phi) is 3.50. The quantitative estimate of drug-likeness (QED) is 0.734. The molecule has 19 heavy (non-hydrogen) atoms. The molecule has 1 aromatic heterocycles. The highest BCUT2D eigenvalue weighted by Crippen LogP contribution is 2.22. The maximum absolute atomic E-state index is 11.2. The highest BCUT2D eigenvalue weighted by Gasteiger charge is 2.12. The first-order valence-corrected chi connectivity index (χ1v) is 7.12. The van der Waals surface area contributed by atoms with Crippen LogP contribution in [0.25, 0.3) is 0 Å². The molecule has 5 N–H and O–H groups in total. The normalized spacial score (nSPS) is 11.5. The lowest BCUT2D eigenvalue weighted by Gasteiger charge is -2.08. The van der Waals surface area contributed by atoms with Gasteiger partial charge < -0.3 is 15.5 Å². The van der Waals surface area contributed by atoms with E-state index in [1.165, 1.54) is 12.1 Å². The van der Waals surface area contributed by atoms with Crippen LogP contribution in [0.15, 0.2) is 39.6 Å². The van der Waals surface area contributed by atoms with Gasteiger partial charge in [0.05, 0.1) is 12.2 Å². The van der Waals surface area contributed by atoms with Crippen molar-refractivity contribution in [2.24, 2.45) is 5.14 Å². The van der Waals surface area contributed by atoms with Crippen molar-refractivity contribution >= 4 is 21.4 Å². The zero-order valence-electron chi connectivity index (χ0n) is 10.4. The van der Waals surface area contributed by atoms with Gasteiger partial charge in [-0.3, -0.25) is 0 Å². The minimum atomic E-state index is -3.79. The number of aryl methyl sites for hydroxylation is 1. The lowest BCUT2D eigenvalue weighted by Crippen LogP contribution is -2.14. The van der Waals surface area contributed by atoms with Gasteiger partial charge in [-0.15, -0.1) is 0 Å². The van der Waals surface area contributed by atoms with Gasteiger partial charge in [0.15, 0.2) is 0 Å². The van der Waals surface area contributed by atoms with E-state index in [0.717, 1.165) is 11.5 Å². The second-order valence-electron chi connectivity index (χ2n) is 4.16. The molecule has 0 unspecified atom stereocenters. The largest absolute Gasteiger partial charge is 0.465 e. The van der Waals surface area contributed by atoms with Crippen LogP contribution in [0, 0.1) is 6.92 Å². The van der Waals surface area contributed by atoms with Crippen LogP contribution in [0.5, 0.6) is 0 Å². The number of benzene rings is 1. The molecule has 6 nitrogen and oxygen atoms in total. The van der Waals surface area contributed by atoms with Crippen LogP contribution >= 0.6 is 0 Å². The summed E-state index contributed by atoms with van der Waals surface area (Å²) in [5.74, 6) is 1.62. The van der Waals surface area contributed by atoms with Crippen molar-refractivity contribution in [1.82, 2.24) is 0 Å². The van der Waals surface area contributed by atoms with Gasteiger partial charge in [-0.1, -0.05) is 0 Å². The molecule has 0 spiro atoms. The third-order valence-electron chi connectivity index (χ3n) is 2.58. The molecule has 0 saturated heterocycles. The molecule has 102 valence electrons. The van der Waals surface area contributed by atoms with E-state index in [4.69, 9.17) is 15.3 Å². The molecular formula is C12H15N3O3S. The minimum absolute atomic E-state index is 0.0770. The number of hydrogen-bond acceptors (Lipinski definition) is 5. The average molecular weight is 281 g/mol. The number of nitrogens with one attached hydrogen (secondary N) is 1. The predicted octanol–water partition coefficient (Wildman–Crippen LogP) is 1.43. The highest BCUT2D eigenvalue weighted by atomic mass is 32.2. The van der Waals surface area contributed by atoms with E-state index in [1.807, 2.05) is 19.1 Å². The molecular weight excluding hydrogens is 266 g/mol. The Bertz CT molecular complexity index is 692. The topological polar surface area (TPSA) is 111 Å². The van der Waals surface area contributed by atoms with Gasteiger partial charge in [-0.25, -0.2) is 13.6 Å². The molecule has 1 heterocycles. The molecule has 0 aliphatic rings. The van der Waals surface area contributed by atoms with Gasteiger partial charge in [0.25, 0.3) is 0 Å². The van der Waals surface area contributed by atoms with Crippen molar-refractivity contribution in [2.45, 2.75) is 18.4 Å². The van der Waals surface area contributed by atoms with Crippen LogP contribution in [-0.4, -0.2) is 8.42 Å². The number of primary sulfonamides is 1. The maximum atomic E-state index is 11.2. The molecule has 0 radical (unpaired) electrons. The van der Waals surface area contributed by atoms with E-state index in [0.29, 0.717) is 12.2 Å². The number of furan rings is 1. The minimum Gasteiger partial charge on any atom is -0.465 e. The van der Waals surface area contributed by atoms with Crippen molar-refractivity contribution in [3.05, 3.63) is 41.9 Å². The van der Waals surface area contributed by atoms with Crippen LogP contribution in [0.2, 0.25) is 0 Å². The summed E-state index contributed by atoms with van der Waals surface area (Å²) in [5.41, 5.74) is 6.47. The number of nitrogen functional groups attached to an aromatic ring is 1. The number of anilines is 2. The average Bonchev–Trinajstić information content (AvgIpc) is 2.71. The second-order valence-corrected chi connectivity index (χ2v) is 5.69. The summed E-state index contributed by atoms with van der Waals surface area (Å²) in [5, 5.41) is 8.12.